The summed E-state index contributed by atoms with van der Waals surface area (Å²) in [6.07, 6.45) is 6.03. The predicted octanol–water partition coefficient (Wildman–Crippen LogP) is 2.17. The standard InChI is InChI=1S/C12H21N3/c1-3-7-15(8-4-2)12-5-6-14-10-11(12)9-13/h5-6,10H,3-4,7-9,13H2,1-2H3. The lowest BCUT2D eigenvalue weighted by Gasteiger charge is -2.25. The molecule has 0 aliphatic heterocycles. The summed E-state index contributed by atoms with van der Waals surface area (Å²) in [6.45, 7) is 7.14. The van der Waals surface area contributed by atoms with Crippen molar-refractivity contribution in [3.8, 4) is 0 Å². The molecule has 84 valence electrons. The molecule has 15 heavy (non-hydrogen) atoms. The SMILES string of the molecule is CCCN(CCC)c1ccncc1CN. The zero-order chi connectivity index (χ0) is 11.1. The Labute approximate surface area is 92.3 Å². The van der Waals surface area contributed by atoms with Crippen LogP contribution in [0.25, 0.3) is 0 Å². The molecule has 0 amide bonds. The topological polar surface area (TPSA) is 42.2 Å². The summed E-state index contributed by atoms with van der Waals surface area (Å²) in [4.78, 5) is 6.50. The summed E-state index contributed by atoms with van der Waals surface area (Å²) in [7, 11) is 0. The van der Waals surface area contributed by atoms with E-state index in [1.54, 1.807) is 0 Å². The van der Waals surface area contributed by atoms with Crippen LogP contribution in [0.1, 0.15) is 32.3 Å². The molecular formula is C12H21N3. The second kappa shape index (κ2) is 6.40. The molecule has 1 aromatic rings. The molecule has 0 aliphatic carbocycles. The van der Waals surface area contributed by atoms with Crippen LogP contribution in [0.4, 0.5) is 5.69 Å². The van der Waals surface area contributed by atoms with Crippen molar-refractivity contribution in [1.82, 2.24) is 4.98 Å². The number of hydrogen-bond donors (Lipinski definition) is 1. The van der Waals surface area contributed by atoms with E-state index < -0.39 is 0 Å². The molecule has 3 heteroatoms. The Balaban J connectivity index is 2.88. The normalized spacial score (nSPS) is 10.3. The van der Waals surface area contributed by atoms with Gasteiger partial charge < -0.3 is 10.6 Å². The highest BCUT2D eigenvalue weighted by Gasteiger charge is 2.08. The zero-order valence-corrected chi connectivity index (χ0v) is 9.74. The van der Waals surface area contributed by atoms with Gasteiger partial charge in [0.25, 0.3) is 0 Å². The van der Waals surface area contributed by atoms with Crippen LogP contribution in [0.15, 0.2) is 18.5 Å². The summed E-state index contributed by atoms with van der Waals surface area (Å²) in [5.41, 5.74) is 8.10. The van der Waals surface area contributed by atoms with Gasteiger partial charge in [0, 0.05) is 43.3 Å². The Kier molecular flexibility index (Phi) is 5.12. The van der Waals surface area contributed by atoms with Crippen LogP contribution in [0.3, 0.4) is 0 Å². The van der Waals surface area contributed by atoms with Crippen LogP contribution in [-0.2, 0) is 6.54 Å². The van der Waals surface area contributed by atoms with Gasteiger partial charge in [0.2, 0.25) is 0 Å². The summed E-state index contributed by atoms with van der Waals surface area (Å²) < 4.78 is 0. The molecule has 0 unspecified atom stereocenters. The Morgan fingerprint density at radius 2 is 1.93 bits per heavy atom. The van der Waals surface area contributed by atoms with Crippen molar-refractivity contribution in [1.29, 1.82) is 0 Å². The highest BCUT2D eigenvalue weighted by molar-refractivity contribution is 5.52. The van der Waals surface area contributed by atoms with Crippen LogP contribution in [0, 0.1) is 0 Å². The lowest BCUT2D eigenvalue weighted by Crippen LogP contribution is -2.26. The fourth-order valence-electron chi connectivity index (χ4n) is 1.78. The molecule has 1 aromatic heterocycles. The van der Waals surface area contributed by atoms with Crippen LogP contribution in [0.5, 0.6) is 0 Å². The minimum absolute atomic E-state index is 0.563. The van der Waals surface area contributed by atoms with E-state index in [2.05, 4.69) is 29.8 Å². The fraction of sp³-hybridized carbons (Fsp3) is 0.583. The Hall–Kier alpha value is -1.09. The minimum Gasteiger partial charge on any atom is -0.371 e. The molecule has 0 fully saturated rings. The Morgan fingerprint density at radius 1 is 1.27 bits per heavy atom. The van der Waals surface area contributed by atoms with Gasteiger partial charge in [-0.25, -0.2) is 0 Å². The number of aromatic nitrogens is 1. The summed E-state index contributed by atoms with van der Waals surface area (Å²) >= 11 is 0. The van der Waals surface area contributed by atoms with Gasteiger partial charge >= 0.3 is 0 Å². The predicted molar refractivity (Wildman–Crippen MR) is 64.9 cm³/mol. The van der Waals surface area contributed by atoms with Crippen molar-refractivity contribution >= 4 is 5.69 Å². The van der Waals surface area contributed by atoms with Crippen molar-refractivity contribution in [2.75, 3.05) is 18.0 Å². The lowest BCUT2D eigenvalue weighted by atomic mass is 10.2. The minimum atomic E-state index is 0.563. The molecule has 0 radical (unpaired) electrons. The van der Waals surface area contributed by atoms with Crippen molar-refractivity contribution in [3.63, 3.8) is 0 Å². The van der Waals surface area contributed by atoms with Crippen LogP contribution in [-0.4, -0.2) is 18.1 Å². The van der Waals surface area contributed by atoms with E-state index in [0.717, 1.165) is 31.5 Å². The van der Waals surface area contributed by atoms with Gasteiger partial charge in [0.1, 0.15) is 0 Å². The number of nitrogens with zero attached hydrogens (tertiary/aromatic N) is 2. The van der Waals surface area contributed by atoms with Crippen LogP contribution in [0.2, 0.25) is 0 Å². The average Bonchev–Trinajstić information content (AvgIpc) is 2.29. The van der Waals surface area contributed by atoms with E-state index in [1.807, 2.05) is 12.4 Å². The second-order valence-corrected chi connectivity index (χ2v) is 3.70. The first kappa shape index (κ1) is 12.0. The summed E-state index contributed by atoms with van der Waals surface area (Å²) in [6, 6.07) is 2.06. The second-order valence-electron chi connectivity index (χ2n) is 3.70. The smallest absolute Gasteiger partial charge is 0.0442 e. The number of nitrogens with two attached hydrogens (primary N) is 1. The van der Waals surface area contributed by atoms with Crippen LogP contribution >= 0.6 is 0 Å². The van der Waals surface area contributed by atoms with Gasteiger partial charge in [-0.1, -0.05) is 13.8 Å². The molecule has 0 spiro atoms. The maximum atomic E-state index is 5.71. The third-order valence-corrected chi connectivity index (χ3v) is 2.43. The maximum absolute atomic E-state index is 5.71. The summed E-state index contributed by atoms with van der Waals surface area (Å²) in [5, 5.41) is 0. The first-order chi connectivity index (χ1) is 7.33. The zero-order valence-electron chi connectivity index (χ0n) is 9.74. The number of anilines is 1. The van der Waals surface area contributed by atoms with Gasteiger partial charge in [-0.3, -0.25) is 4.98 Å². The maximum Gasteiger partial charge on any atom is 0.0442 e. The van der Waals surface area contributed by atoms with E-state index in [9.17, 15) is 0 Å². The quantitative estimate of drug-likeness (QED) is 0.777. The molecule has 0 saturated carbocycles. The molecule has 0 aliphatic rings. The molecule has 0 bridgehead atoms. The molecule has 2 N–H and O–H groups in total. The Morgan fingerprint density at radius 3 is 2.47 bits per heavy atom. The van der Waals surface area contributed by atoms with Gasteiger partial charge in [-0.15, -0.1) is 0 Å². The molecular weight excluding hydrogens is 186 g/mol. The summed E-state index contributed by atoms with van der Waals surface area (Å²) in [5.74, 6) is 0. The first-order valence-electron chi connectivity index (χ1n) is 5.71. The highest BCUT2D eigenvalue weighted by Crippen LogP contribution is 2.19. The third kappa shape index (κ3) is 3.20. The van der Waals surface area contributed by atoms with Crippen molar-refractivity contribution in [2.24, 2.45) is 5.73 Å². The average molecular weight is 207 g/mol. The van der Waals surface area contributed by atoms with Crippen molar-refractivity contribution in [3.05, 3.63) is 24.0 Å². The third-order valence-electron chi connectivity index (χ3n) is 2.43. The van der Waals surface area contributed by atoms with Gasteiger partial charge in [0.15, 0.2) is 0 Å². The van der Waals surface area contributed by atoms with E-state index in [0.29, 0.717) is 6.54 Å². The van der Waals surface area contributed by atoms with Gasteiger partial charge in [-0.2, -0.15) is 0 Å². The molecule has 0 aromatic carbocycles. The highest BCUT2D eigenvalue weighted by atomic mass is 15.1. The number of rotatable bonds is 6. The fourth-order valence-corrected chi connectivity index (χ4v) is 1.78. The number of pyridine rings is 1. The number of hydrogen-bond acceptors (Lipinski definition) is 3. The van der Waals surface area contributed by atoms with Gasteiger partial charge in [-0.05, 0) is 18.9 Å². The van der Waals surface area contributed by atoms with Crippen molar-refractivity contribution < 1.29 is 0 Å². The van der Waals surface area contributed by atoms with Gasteiger partial charge in [0.05, 0.1) is 0 Å². The lowest BCUT2D eigenvalue weighted by molar-refractivity contribution is 0.739. The monoisotopic (exact) mass is 207 g/mol. The Bertz CT molecular complexity index is 280. The molecule has 3 nitrogen and oxygen atoms in total. The molecule has 1 rings (SSSR count). The van der Waals surface area contributed by atoms with E-state index in [4.69, 9.17) is 5.73 Å². The largest absolute Gasteiger partial charge is 0.371 e. The molecule has 1 heterocycles. The van der Waals surface area contributed by atoms with Crippen molar-refractivity contribution in [2.45, 2.75) is 33.2 Å². The van der Waals surface area contributed by atoms with E-state index >= 15 is 0 Å². The molecule has 0 atom stereocenters. The van der Waals surface area contributed by atoms with E-state index in [-0.39, 0.29) is 0 Å². The van der Waals surface area contributed by atoms with Crippen LogP contribution < -0.4 is 10.6 Å². The van der Waals surface area contributed by atoms with E-state index in [1.165, 1.54) is 5.69 Å². The first-order valence-corrected chi connectivity index (χ1v) is 5.71. The molecule has 0 saturated heterocycles.